The van der Waals surface area contributed by atoms with E-state index in [1.165, 1.54) is 7.11 Å². The molecule has 0 aliphatic carbocycles. The summed E-state index contributed by atoms with van der Waals surface area (Å²) in [6, 6.07) is 20.8. The Bertz CT molecular complexity index is 991. The number of benzene rings is 3. The van der Waals surface area contributed by atoms with Crippen LogP contribution in [0.4, 0.5) is 0 Å². The molecule has 2 N–H and O–H groups in total. The third kappa shape index (κ3) is 5.49. The van der Waals surface area contributed by atoms with E-state index in [1.54, 1.807) is 42.5 Å². The van der Waals surface area contributed by atoms with E-state index >= 15 is 0 Å². The predicted octanol–water partition coefficient (Wildman–Crippen LogP) is 4.00. The monoisotopic (exact) mass is 410 g/mol. The third-order valence-electron chi connectivity index (χ3n) is 4.06. The van der Waals surface area contributed by atoms with Crippen molar-refractivity contribution in [2.24, 2.45) is 0 Å². The minimum Gasteiger partial charge on any atom is -0.493 e. The molecule has 0 saturated heterocycles. The predicted molar refractivity (Wildman–Crippen MR) is 110 cm³/mol. The second-order valence-corrected chi connectivity index (χ2v) is 6.49. The molecule has 2 amide bonds. The van der Waals surface area contributed by atoms with E-state index in [4.69, 9.17) is 21.1 Å². The van der Waals surface area contributed by atoms with Gasteiger partial charge in [-0.3, -0.25) is 20.4 Å². The molecule has 0 heterocycles. The van der Waals surface area contributed by atoms with Gasteiger partial charge in [-0.2, -0.15) is 0 Å². The SMILES string of the molecule is COc1cc(C(=O)NNC(=O)c2ccc(Cl)cc2)ccc1OCc1ccccc1. The zero-order chi connectivity index (χ0) is 20.6. The molecule has 0 radical (unpaired) electrons. The third-order valence-corrected chi connectivity index (χ3v) is 4.31. The molecule has 3 aromatic rings. The number of rotatable bonds is 6. The summed E-state index contributed by atoms with van der Waals surface area (Å²) in [4.78, 5) is 24.4. The highest BCUT2D eigenvalue weighted by Gasteiger charge is 2.13. The van der Waals surface area contributed by atoms with Gasteiger partial charge in [-0.25, -0.2) is 0 Å². The summed E-state index contributed by atoms with van der Waals surface area (Å²) in [5, 5.41) is 0.521. The zero-order valence-corrected chi connectivity index (χ0v) is 16.4. The van der Waals surface area contributed by atoms with Crippen LogP contribution in [-0.4, -0.2) is 18.9 Å². The number of carbonyl (C=O) groups excluding carboxylic acids is 2. The van der Waals surface area contributed by atoms with Crippen LogP contribution in [-0.2, 0) is 6.61 Å². The summed E-state index contributed by atoms with van der Waals surface area (Å²) in [6.45, 7) is 0.375. The van der Waals surface area contributed by atoms with E-state index < -0.39 is 11.8 Å². The second kappa shape index (κ2) is 9.61. The number of nitrogens with one attached hydrogen (secondary N) is 2. The van der Waals surface area contributed by atoms with Gasteiger partial charge in [0.05, 0.1) is 7.11 Å². The van der Waals surface area contributed by atoms with E-state index in [0.29, 0.717) is 34.3 Å². The number of carbonyl (C=O) groups is 2. The summed E-state index contributed by atoms with van der Waals surface area (Å²) >= 11 is 5.80. The van der Waals surface area contributed by atoms with E-state index in [1.807, 2.05) is 30.3 Å². The Hall–Kier alpha value is -3.51. The van der Waals surface area contributed by atoms with E-state index in [-0.39, 0.29) is 0 Å². The summed E-state index contributed by atoms with van der Waals surface area (Å²) < 4.78 is 11.1. The van der Waals surface area contributed by atoms with Crippen molar-refractivity contribution in [3.05, 3.63) is 94.5 Å². The molecule has 0 spiro atoms. The Morgan fingerprint density at radius 1 is 0.828 bits per heavy atom. The van der Waals surface area contributed by atoms with Crippen molar-refractivity contribution in [1.82, 2.24) is 10.9 Å². The summed E-state index contributed by atoms with van der Waals surface area (Å²) in [5.41, 5.74) is 6.43. The number of hydrazine groups is 1. The minimum atomic E-state index is -0.486. The lowest BCUT2D eigenvalue weighted by Gasteiger charge is -2.13. The van der Waals surface area contributed by atoms with Crippen molar-refractivity contribution < 1.29 is 19.1 Å². The lowest BCUT2D eigenvalue weighted by Crippen LogP contribution is -2.41. The molecule has 0 bridgehead atoms. The molecular formula is C22H19ClN2O4. The van der Waals surface area contributed by atoms with Crippen molar-refractivity contribution in [1.29, 1.82) is 0 Å². The van der Waals surface area contributed by atoms with Crippen LogP contribution in [0, 0.1) is 0 Å². The fraction of sp³-hybridized carbons (Fsp3) is 0.0909. The van der Waals surface area contributed by atoms with Gasteiger partial charge in [0, 0.05) is 16.1 Å². The Labute approximate surface area is 173 Å². The highest BCUT2D eigenvalue weighted by atomic mass is 35.5. The molecule has 0 unspecified atom stereocenters. The zero-order valence-electron chi connectivity index (χ0n) is 15.6. The molecule has 0 aromatic heterocycles. The maximum Gasteiger partial charge on any atom is 0.269 e. The Morgan fingerprint density at radius 3 is 2.10 bits per heavy atom. The molecule has 0 atom stereocenters. The number of amides is 2. The largest absolute Gasteiger partial charge is 0.493 e. The quantitative estimate of drug-likeness (QED) is 0.602. The van der Waals surface area contributed by atoms with Gasteiger partial charge < -0.3 is 9.47 Å². The van der Waals surface area contributed by atoms with Crippen LogP contribution in [0.2, 0.25) is 5.02 Å². The van der Waals surface area contributed by atoms with E-state index in [2.05, 4.69) is 10.9 Å². The van der Waals surface area contributed by atoms with Crippen LogP contribution in [0.5, 0.6) is 11.5 Å². The van der Waals surface area contributed by atoms with Crippen molar-refractivity contribution in [3.8, 4) is 11.5 Å². The summed E-state index contributed by atoms with van der Waals surface area (Å²) in [6.07, 6.45) is 0. The van der Waals surface area contributed by atoms with Crippen LogP contribution in [0.25, 0.3) is 0 Å². The second-order valence-electron chi connectivity index (χ2n) is 6.06. The Morgan fingerprint density at radius 2 is 1.45 bits per heavy atom. The Kier molecular flexibility index (Phi) is 6.71. The van der Waals surface area contributed by atoms with E-state index in [0.717, 1.165) is 5.56 Å². The van der Waals surface area contributed by atoms with Crippen LogP contribution in [0.15, 0.2) is 72.8 Å². The number of halogens is 1. The molecular weight excluding hydrogens is 392 g/mol. The Balaban J connectivity index is 1.61. The summed E-state index contributed by atoms with van der Waals surface area (Å²) in [7, 11) is 1.49. The number of hydrogen-bond acceptors (Lipinski definition) is 4. The maximum atomic E-state index is 12.4. The van der Waals surface area contributed by atoms with Gasteiger partial charge in [-0.05, 0) is 48.0 Å². The normalized spacial score (nSPS) is 10.1. The fourth-order valence-corrected chi connectivity index (χ4v) is 2.65. The van der Waals surface area contributed by atoms with Gasteiger partial charge in [-0.15, -0.1) is 0 Å². The average Bonchev–Trinajstić information content (AvgIpc) is 2.76. The van der Waals surface area contributed by atoms with Gasteiger partial charge in [-0.1, -0.05) is 41.9 Å². The van der Waals surface area contributed by atoms with Crippen molar-refractivity contribution in [2.75, 3.05) is 7.11 Å². The molecule has 0 aliphatic heterocycles. The molecule has 0 aliphatic rings. The topological polar surface area (TPSA) is 76.7 Å². The number of hydrogen-bond donors (Lipinski definition) is 2. The van der Waals surface area contributed by atoms with Crippen LogP contribution in [0.1, 0.15) is 26.3 Å². The van der Waals surface area contributed by atoms with Gasteiger partial charge in [0.2, 0.25) is 0 Å². The lowest BCUT2D eigenvalue weighted by atomic mass is 10.2. The number of ether oxygens (including phenoxy) is 2. The van der Waals surface area contributed by atoms with Crippen LogP contribution < -0.4 is 20.3 Å². The van der Waals surface area contributed by atoms with Gasteiger partial charge in [0.25, 0.3) is 11.8 Å². The highest BCUT2D eigenvalue weighted by Crippen LogP contribution is 2.28. The first-order chi connectivity index (χ1) is 14.1. The maximum absolute atomic E-state index is 12.4. The standard InChI is InChI=1S/C22H19ClN2O4/c1-28-20-13-17(9-12-19(20)29-14-15-5-3-2-4-6-15)22(27)25-24-21(26)16-7-10-18(23)11-8-16/h2-13H,14H2,1H3,(H,24,26)(H,25,27). The van der Waals surface area contributed by atoms with Crippen molar-refractivity contribution in [2.45, 2.75) is 6.61 Å². The molecule has 3 aromatic carbocycles. The van der Waals surface area contributed by atoms with Gasteiger partial charge in [0.15, 0.2) is 11.5 Å². The van der Waals surface area contributed by atoms with Crippen molar-refractivity contribution >= 4 is 23.4 Å². The molecule has 0 saturated carbocycles. The minimum absolute atomic E-state index is 0.310. The number of methoxy groups -OCH3 is 1. The summed E-state index contributed by atoms with van der Waals surface area (Å²) in [5.74, 6) is -0.0132. The first kappa shape index (κ1) is 20.2. The first-order valence-corrected chi connectivity index (χ1v) is 9.15. The molecule has 7 heteroatoms. The van der Waals surface area contributed by atoms with Gasteiger partial charge >= 0.3 is 0 Å². The van der Waals surface area contributed by atoms with Gasteiger partial charge in [0.1, 0.15) is 6.61 Å². The average molecular weight is 411 g/mol. The van der Waals surface area contributed by atoms with Crippen LogP contribution >= 0.6 is 11.6 Å². The fourth-order valence-electron chi connectivity index (χ4n) is 2.52. The molecule has 6 nitrogen and oxygen atoms in total. The first-order valence-electron chi connectivity index (χ1n) is 8.78. The van der Waals surface area contributed by atoms with E-state index in [9.17, 15) is 9.59 Å². The van der Waals surface area contributed by atoms with Crippen LogP contribution in [0.3, 0.4) is 0 Å². The molecule has 0 fully saturated rings. The molecule has 148 valence electrons. The lowest BCUT2D eigenvalue weighted by molar-refractivity contribution is 0.0846. The smallest absolute Gasteiger partial charge is 0.269 e. The highest BCUT2D eigenvalue weighted by molar-refractivity contribution is 6.30. The molecule has 29 heavy (non-hydrogen) atoms. The molecule has 3 rings (SSSR count). The van der Waals surface area contributed by atoms with Crippen molar-refractivity contribution in [3.63, 3.8) is 0 Å².